The summed E-state index contributed by atoms with van der Waals surface area (Å²) in [5.74, 6) is 1.12. The molecule has 1 N–H and O–H groups in total. The number of amides is 1. The highest BCUT2D eigenvalue weighted by atomic mass is 16.5. The average Bonchev–Trinajstić information content (AvgIpc) is 2.62. The maximum absolute atomic E-state index is 12.2. The topological polar surface area (TPSA) is 56.8 Å². The summed E-state index contributed by atoms with van der Waals surface area (Å²) in [6.45, 7) is 3.79. The van der Waals surface area contributed by atoms with Crippen LogP contribution in [-0.2, 0) is 4.74 Å². The number of methoxy groups -OCH3 is 1. The summed E-state index contributed by atoms with van der Waals surface area (Å²) in [7, 11) is 1.57. The van der Waals surface area contributed by atoms with Crippen molar-refractivity contribution in [2.24, 2.45) is 0 Å². The van der Waals surface area contributed by atoms with E-state index in [0.29, 0.717) is 42.9 Å². The van der Waals surface area contributed by atoms with Crippen LogP contribution in [0, 0.1) is 0 Å². The van der Waals surface area contributed by atoms with Crippen LogP contribution < -0.4 is 14.8 Å². The van der Waals surface area contributed by atoms with Crippen LogP contribution in [-0.4, -0.2) is 38.9 Å². The Bertz CT molecular complexity index is 512. The lowest BCUT2D eigenvalue weighted by Crippen LogP contribution is -2.26. The zero-order valence-electron chi connectivity index (χ0n) is 14.8. The van der Waals surface area contributed by atoms with E-state index in [9.17, 15) is 4.79 Å². The summed E-state index contributed by atoms with van der Waals surface area (Å²) < 4.78 is 16.6. The van der Waals surface area contributed by atoms with Crippen LogP contribution in [0.15, 0.2) is 18.2 Å². The number of benzene rings is 1. The van der Waals surface area contributed by atoms with Crippen molar-refractivity contribution in [3.8, 4) is 11.5 Å². The van der Waals surface area contributed by atoms with Gasteiger partial charge in [0.1, 0.15) is 0 Å². The van der Waals surface area contributed by atoms with E-state index < -0.39 is 0 Å². The quantitative estimate of drug-likeness (QED) is 0.701. The molecule has 0 heterocycles. The number of hydrogen-bond donors (Lipinski definition) is 1. The molecule has 134 valence electrons. The van der Waals surface area contributed by atoms with Gasteiger partial charge in [0.05, 0.1) is 19.8 Å². The number of carbonyl (C=O) groups excluding carboxylic acids is 1. The molecule has 5 heteroatoms. The molecule has 5 nitrogen and oxygen atoms in total. The molecule has 1 saturated carbocycles. The normalized spacial score (nSPS) is 15.1. The number of carbonyl (C=O) groups is 1. The summed E-state index contributed by atoms with van der Waals surface area (Å²) in [4.78, 5) is 12.2. The molecule has 24 heavy (non-hydrogen) atoms. The fourth-order valence-corrected chi connectivity index (χ4v) is 2.94. The molecule has 0 unspecified atom stereocenters. The summed E-state index contributed by atoms with van der Waals surface area (Å²) in [5, 5.41) is 2.92. The molecule has 0 atom stereocenters. The van der Waals surface area contributed by atoms with Crippen molar-refractivity contribution in [1.29, 1.82) is 0 Å². The fraction of sp³-hybridized carbons (Fsp3) is 0.632. The van der Waals surface area contributed by atoms with Gasteiger partial charge in [-0.05, 0) is 44.4 Å². The highest BCUT2D eigenvalue weighted by Gasteiger charge is 2.13. The Kier molecular flexibility index (Phi) is 7.89. The van der Waals surface area contributed by atoms with E-state index in [-0.39, 0.29) is 5.91 Å². The molecule has 1 fully saturated rings. The standard InChI is InChI=1S/C19H29NO4/c1-3-23-17-11-10-15(14-18(17)22-2)19(21)20-12-7-13-24-16-8-5-4-6-9-16/h10-11,14,16H,3-9,12-13H2,1-2H3,(H,20,21). The van der Waals surface area contributed by atoms with Crippen molar-refractivity contribution in [3.05, 3.63) is 23.8 Å². The Balaban J connectivity index is 1.71. The van der Waals surface area contributed by atoms with Crippen LogP contribution >= 0.6 is 0 Å². The third-order valence-electron chi connectivity index (χ3n) is 4.24. The molecule has 1 amide bonds. The van der Waals surface area contributed by atoms with Gasteiger partial charge in [-0.2, -0.15) is 0 Å². The van der Waals surface area contributed by atoms with Gasteiger partial charge in [0.2, 0.25) is 0 Å². The van der Waals surface area contributed by atoms with Crippen molar-refractivity contribution in [2.75, 3.05) is 26.9 Å². The molecule has 0 bridgehead atoms. The van der Waals surface area contributed by atoms with E-state index in [4.69, 9.17) is 14.2 Å². The second-order valence-electron chi connectivity index (χ2n) is 6.04. The third kappa shape index (κ3) is 5.71. The summed E-state index contributed by atoms with van der Waals surface area (Å²) >= 11 is 0. The van der Waals surface area contributed by atoms with Crippen LogP contribution in [0.2, 0.25) is 0 Å². The molecule has 1 aliphatic rings. The van der Waals surface area contributed by atoms with Crippen molar-refractivity contribution in [3.63, 3.8) is 0 Å². The van der Waals surface area contributed by atoms with Gasteiger partial charge < -0.3 is 19.5 Å². The first-order valence-corrected chi connectivity index (χ1v) is 8.95. The van der Waals surface area contributed by atoms with Gasteiger partial charge in [0, 0.05) is 18.7 Å². The third-order valence-corrected chi connectivity index (χ3v) is 4.24. The SMILES string of the molecule is CCOc1ccc(C(=O)NCCCOC2CCCCC2)cc1OC. The van der Waals surface area contributed by atoms with Crippen molar-refractivity contribution >= 4 is 5.91 Å². The van der Waals surface area contributed by atoms with Gasteiger partial charge in [-0.25, -0.2) is 0 Å². The maximum Gasteiger partial charge on any atom is 0.251 e. The molecule has 0 aliphatic heterocycles. The van der Waals surface area contributed by atoms with Gasteiger partial charge in [-0.15, -0.1) is 0 Å². The predicted octanol–water partition coefficient (Wildman–Crippen LogP) is 3.56. The Labute approximate surface area is 144 Å². The molecule has 0 spiro atoms. The summed E-state index contributed by atoms with van der Waals surface area (Å²) in [6.07, 6.45) is 7.50. The van der Waals surface area contributed by atoms with Crippen molar-refractivity contribution in [2.45, 2.75) is 51.6 Å². The van der Waals surface area contributed by atoms with Gasteiger partial charge >= 0.3 is 0 Å². The van der Waals surface area contributed by atoms with Crippen molar-refractivity contribution in [1.82, 2.24) is 5.32 Å². The molecule has 0 saturated heterocycles. The van der Waals surface area contributed by atoms with E-state index in [0.717, 1.165) is 6.42 Å². The molecular weight excluding hydrogens is 306 g/mol. The van der Waals surface area contributed by atoms with E-state index in [2.05, 4.69) is 5.32 Å². The highest BCUT2D eigenvalue weighted by Crippen LogP contribution is 2.28. The van der Waals surface area contributed by atoms with E-state index in [1.54, 1.807) is 25.3 Å². The van der Waals surface area contributed by atoms with Crippen molar-refractivity contribution < 1.29 is 19.0 Å². The Morgan fingerprint density at radius 2 is 2.00 bits per heavy atom. The minimum absolute atomic E-state index is 0.103. The van der Waals surface area contributed by atoms with Crippen LogP contribution in [0.25, 0.3) is 0 Å². The first-order valence-electron chi connectivity index (χ1n) is 8.95. The summed E-state index contributed by atoms with van der Waals surface area (Å²) in [6, 6.07) is 5.23. The monoisotopic (exact) mass is 335 g/mol. The zero-order chi connectivity index (χ0) is 17.2. The minimum atomic E-state index is -0.103. The molecule has 2 rings (SSSR count). The Hall–Kier alpha value is -1.75. The smallest absolute Gasteiger partial charge is 0.251 e. The van der Waals surface area contributed by atoms with E-state index in [1.807, 2.05) is 6.92 Å². The molecule has 1 aromatic carbocycles. The molecule has 0 aromatic heterocycles. The number of rotatable bonds is 9. The first-order chi connectivity index (χ1) is 11.7. The largest absolute Gasteiger partial charge is 0.493 e. The summed E-state index contributed by atoms with van der Waals surface area (Å²) in [5.41, 5.74) is 0.573. The van der Waals surface area contributed by atoms with Gasteiger partial charge in [-0.3, -0.25) is 4.79 Å². The lowest BCUT2D eigenvalue weighted by atomic mass is 9.98. The maximum atomic E-state index is 12.2. The lowest BCUT2D eigenvalue weighted by molar-refractivity contribution is 0.0273. The van der Waals surface area contributed by atoms with Gasteiger partial charge in [-0.1, -0.05) is 19.3 Å². The number of nitrogens with one attached hydrogen (secondary N) is 1. The van der Waals surface area contributed by atoms with Crippen LogP contribution in [0.3, 0.4) is 0 Å². The van der Waals surface area contributed by atoms with Crippen LogP contribution in [0.1, 0.15) is 55.8 Å². The van der Waals surface area contributed by atoms with Gasteiger partial charge in [0.15, 0.2) is 11.5 Å². The van der Waals surface area contributed by atoms with E-state index >= 15 is 0 Å². The second kappa shape index (κ2) is 10.2. The number of hydrogen-bond acceptors (Lipinski definition) is 4. The average molecular weight is 335 g/mol. The molecular formula is C19H29NO4. The van der Waals surface area contributed by atoms with Crippen LogP contribution in [0.5, 0.6) is 11.5 Å². The highest BCUT2D eigenvalue weighted by molar-refractivity contribution is 5.94. The molecule has 1 aliphatic carbocycles. The molecule has 1 aromatic rings. The lowest BCUT2D eigenvalue weighted by Gasteiger charge is -2.21. The zero-order valence-corrected chi connectivity index (χ0v) is 14.8. The first kappa shape index (κ1) is 18.6. The van der Waals surface area contributed by atoms with Crippen LogP contribution in [0.4, 0.5) is 0 Å². The minimum Gasteiger partial charge on any atom is -0.493 e. The molecule has 0 radical (unpaired) electrons. The predicted molar refractivity (Wildman–Crippen MR) is 93.9 cm³/mol. The fourth-order valence-electron chi connectivity index (χ4n) is 2.94. The van der Waals surface area contributed by atoms with Gasteiger partial charge in [0.25, 0.3) is 5.91 Å². The Morgan fingerprint density at radius 1 is 1.21 bits per heavy atom. The second-order valence-corrected chi connectivity index (χ2v) is 6.04. The number of ether oxygens (including phenoxy) is 3. The van der Waals surface area contributed by atoms with E-state index in [1.165, 1.54) is 32.1 Å². The Morgan fingerprint density at radius 3 is 2.71 bits per heavy atom.